The number of esters is 1. The van der Waals surface area contributed by atoms with Gasteiger partial charge < -0.3 is 71.6 Å². The molecule has 17 nitrogen and oxygen atoms in total. The molecule has 0 aliphatic rings. The Morgan fingerprint density at radius 2 is 0.750 bits per heavy atom. The summed E-state index contributed by atoms with van der Waals surface area (Å²) in [7, 11) is 1.31. The molecule has 1 aromatic carbocycles. The Hall–Kier alpha value is -2.52. The highest BCUT2D eigenvalue weighted by Gasteiger charge is 2.02. The molecule has 0 spiro atoms. The Bertz CT molecular complexity index is 901. The van der Waals surface area contributed by atoms with Crippen molar-refractivity contribution < 1.29 is 75.9 Å². The van der Waals surface area contributed by atoms with E-state index in [2.05, 4.69) is 10.1 Å². The topological polar surface area (TPSA) is 175 Å². The second-order valence-corrected chi connectivity index (χ2v) is 10.4. The Morgan fingerprint density at radius 1 is 0.442 bits per heavy atom. The number of benzene rings is 1. The van der Waals surface area contributed by atoms with Crippen molar-refractivity contribution in [3.8, 4) is 0 Å². The van der Waals surface area contributed by atoms with Crippen molar-refractivity contribution >= 4 is 12.1 Å². The molecule has 52 heavy (non-hydrogen) atoms. The van der Waals surface area contributed by atoms with Gasteiger partial charge in [-0.15, -0.1) is 0 Å². The molecule has 0 unspecified atom stereocenters. The molecule has 0 fully saturated rings. The molecule has 0 heterocycles. The van der Waals surface area contributed by atoms with E-state index in [1.165, 1.54) is 7.11 Å². The number of amides is 1. The minimum Gasteiger partial charge on any atom is -0.467 e. The van der Waals surface area contributed by atoms with E-state index < -0.39 is 12.1 Å². The van der Waals surface area contributed by atoms with E-state index in [-0.39, 0.29) is 13.2 Å². The average molecular weight is 752 g/mol. The van der Waals surface area contributed by atoms with Crippen molar-refractivity contribution in [1.29, 1.82) is 0 Å². The largest absolute Gasteiger partial charge is 0.467 e. The predicted molar refractivity (Wildman–Crippen MR) is 186 cm³/mol. The first-order chi connectivity index (χ1) is 25.7. The van der Waals surface area contributed by atoms with E-state index in [0.29, 0.717) is 159 Å². The van der Waals surface area contributed by atoms with Gasteiger partial charge in [-0.05, 0) is 5.56 Å². The number of carbonyl (C=O) groups is 2. The number of hydrogen-bond donors (Lipinski definition) is 1. The van der Waals surface area contributed by atoms with Crippen LogP contribution in [0.5, 0.6) is 0 Å². The summed E-state index contributed by atoms with van der Waals surface area (Å²) in [6, 6.07) is 9.49. The SMILES string of the molecule is COC(=O)COCCOCCOCCOCCOCCOCCOCCOCCOCCOCCOCCOCCNC(=O)OCc1ccccc1. The fourth-order valence-electron chi connectivity index (χ4n) is 3.63. The number of ether oxygens (including phenoxy) is 14. The zero-order chi connectivity index (χ0) is 37.3. The molecule has 0 saturated carbocycles. The molecule has 1 rings (SSSR count). The summed E-state index contributed by atoms with van der Waals surface area (Å²) in [4.78, 5) is 22.5. The van der Waals surface area contributed by atoms with Gasteiger partial charge in [0.1, 0.15) is 13.2 Å². The highest BCUT2D eigenvalue weighted by molar-refractivity contribution is 5.70. The van der Waals surface area contributed by atoms with E-state index in [9.17, 15) is 9.59 Å². The molecule has 1 amide bonds. The summed E-state index contributed by atoms with van der Waals surface area (Å²) < 4.78 is 74.5. The van der Waals surface area contributed by atoms with Gasteiger partial charge in [-0.25, -0.2) is 9.59 Å². The summed E-state index contributed by atoms with van der Waals surface area (Å²) in [5.41, 5.74) is 0.934. The number of carbonyl (C=O) groups excluding carboxylic acids is 2. The summed E-state index contributed by atoms with van der Waals surface area (Å²) in [5.74, 6) is -0.412. The molecular formula is C35H61NO16. The summed E-state index contributed by atoms with van der Waals surface area (Å²) in [6.45, 7) is 11.0. The fraction of sp³-hybridized carbons (Fsp3) is 0.771. The number of methoxy groups -OCH3 is 1. The maximum absolute atomic E-state index is 11.6. The first-order valence-corrected chi connectivity index (χ1v) is 17.7. The molecular weight excluding hydrogens is 690 g/mol. The van der Waals surface area contributed by atoms with Crippen LogP contribution in [0.25, 0.3) is 0 Å². The highest BCUT2D eigenvalue weighted by atomic mass is 16.6. The van der Waals surface area contributed by atoms with Gasteiger partial charge in [-0.3, -0.25) is 0 Å². The zero-order valence-corrected chi connectivity index (χ0v) is 30.8. The fourth-order valence-corrected chi connectivity index (χ4v) is 3.63. The molecule has 1 N–H and O–H groups in total. The van der Waals surface area contributed by atoms with Crippen LogP contribution in [0.1, 0.15) is 5.56 Å². The second kappa shape index (κ2) is 39.7. The smallest absolute Gasteiger partial charge is 0.407 e. The van der Waals surface area contributed by atoms with Crippen molar-refractivity contribution in [3.05, 3.63) is 35.9 Å². The maximum Gasteiger partial charge on any atom is 0.407 e. The summed E-state index contributed by atoms with van der Waals surface area (Å²) in [5, 5.41) is 2.64. The Morgan fingerprint density at radius 3 is 1.08 bits per heavy atom. The predicted octanol–water partition coefficient (Wildman–Crippen LogP) is 1.29. The minimum absolute atomic E-state index is 0.0757. The van der Waals surface area contributed by atoms with Crippen molar-refractivity contribution in [1.82, 2.24) is 5.32 Å². The van der Waals surface area contributed by atoms with Crippen LogP contribution < -0.4 is 5.32 Å². The minimum atomic E-state index is -0.474. The van der Waals surface area contributed by atoms with Crippen LogP contribution in [-0.4, -0.2) is 184 Å². The van der Waals surface area contributed by atoms with Crippen molar-refractivity contribution in [2.75, 3.05) is 172 Å². The normalized spacial score (nSPS) is 11.2. The summed E-state index contributed by atoms with van der Waals surface area (Å²) >= 11 is 0. The van der Waals surface area contributed by atoms with E-state index in [0.717, 1.165) is 5.56 Å². The van der Waals surface area contributed by atoms with E-state index in [1.807, 2.05) is 30.3 Å². The maximum atomic E-state index is 11.6. The summed E-state index contributed by atoms with van der Waals surface area (Å²) in [6.07, 6.45) is -0.474. The molecule has 0 aliphatic heterocycles. The molecule has 17 heteroatoms. The van der Waals surface area contributed by atoms with Crippen LogP contribution >= 0.6 is 0 Å². The molecule has 0 saturated heterocycles. The average Bonchev–Trinajstić information content (AvgIpc) is 3.16. The molecule has 0 radical (unpaired) electrons. The Kier molecular flexibility index (Phi) is 36.2. The van der Waals surface area contributed by atoms with Crippen LogP contribution in [0, 0.1) is 0 Å². The quantitative estimate of drug-likeness (QED) is 0.0750. The van der Waals surface area contributed by atoms with Crippen molar-refractivity contribution in [2.24, 2.45) is 0 Å². The Balaban J connectivity index is 1.63. The molecule has 0 atom stereocenters. The molecule has 0 aliphatic carbocycles. The molecule has 302 valence electrons. The first kappa shape index (κ1) is 47.5. The zero-order valence-electron chi connectivity index (χ0n) is 30.8. The molecule has 0 aromatic heterocycles. The third-order valence-corrected chi connectivity index (χ3v) is 6.27. The molecule has 1 aromatic rings. The third-order valence-electron chi connectivity index (χ3n) is 6.27. The lowest BCUT2D eigenvalue weighted by atomic mass is 10.2. The lowest BCUT2D eigenvalue weighted by molar-refractivity contribution is -0.146. The van der Waals surface area contributed by atoms with Crippen LogP contribution in [-0.2, 0) is 77.7 Å². The van der Waals surface area contributed by atoms with Crippen molar-refractivity contribution in [2.45, 2.75) is 6.61 Å². The van der Waals surface area contributed by atoms with E-state index in [4.69, 9.17) is 61.6 Å². The van der Waals surface area contributed by atoms with E-state index in [1.54, 1.807) is 0 Å². The lowest BCUT2D eigenvalue weighted by Gasteiger charge is -2.09. The molecule has 0 bridgehead atoms. The van der Waals surface area contributed by atoms with Crippen LogP contribution in [0.3, 0.4) is 0 Å². The number of nitrogens with one attached hydrogen (secondary N) is 1. The monoisotopic (exact) mass is 751 g/mol. The number of hydrogen-bond acceptors (Lipinski definition) is 16. The van der Waals surface area contributed by atoms with Crippen LogP contribution in [0.2, 0.25) is 0 Å². The third kappa shape index (κ3) is 35.9. The Labute approximate surface area is 307 Å². The second-order valence-electron chi connectivity index (χ2n) is 10.4. The van der Waals surface area contributed by atoms with E-state index >= 15 is 0 Å². The van der Waals surface area contributed by atoms with Gasteiger partial charge in [-0.2, -0.15) is 0 Å². The van der Waals surface area contributed by atoms with Gasteiger partial charge in [0.15, 0.2) is 0 Å². The van der Waals surface area contributed by atoms with Crippen molar-refractivity contribution in [3.63, 3.8) is 0 Å². The first-order valence-electron chi connectivity index (χ1n) is 17.7. The van der Waals surface area contributed by atoms with Gasteiger partial charge in [0.2, 0.25) is 0 Å². The lowest BCUT2D eigenvalue weighted by Crippen LogP contribution is -2.28. The van der Waals surface area contributed by atoms with Gasteiger partial charge in [-0.1, -0.05) is 30.3 Å². The van der Waals surface area contributed by atoms with Gasteiger partial charge in [0.25, 0.3) is 0 Å². The number of alkyl carbamates (subject to hydrolysis) is 1. The number of rotatable bonds is 40. The standard InChI is InChI=1S/C35H61NO16/c1-39-34(37)32-51-30-29-50-28-27-49-26-25-48-24-23-47-22-21-46-20-19-45-18-17-44-16-15-43-14-13-42-12-11-41-10-9-40-8-7-36-35(38)52-31-33-5-3-2-4-6-33/h2-6H,7-32H2,1H3,(H,36,38). The highest BCUT2D eigenvalue weighted by Crippen LogP contribution is 2.00. The van der Waals surface area contributed by atoms with Crippen LogP contribution in [0.4, 0.5) is 4.79 Å². The van der Waals surface area contributed by atoms with Gasteiger partial charge >= 0.3 is 12.1 Å². The van der Waals surface area contributed by atoms with Crippen LogP contribution in [0.15, 0.2) is 30.3 Å². The van der Waals surface area contributed by atoms with Gasteiger partial charge in [0.05, 0.1) is 159 Å². The van der Waals surface area contributed by atoms with Gasteiger partial charge in [0, 0.05) is 6.54 Å².